The normalized spacial score (nSPS) is 16.1. The van der Waals surface area contributed by atoms with Crippen LogP contribution in [0.3, 0.4) is 0 Å². The summed E-state index contributed by atoms with van der Waals surface area (Å²) in [5.41, 5.74) is 8.86. The Morgan fingerprint density at radius 2 is 1.86 bits per heavy atom. The minimum absolute atomic E-state index is 0.0206. The highest BCUT2D eigenvalue weighted by atomic mass is 32.1. The van der Waals surface area contributed by atoms with Gasteiger partial charge in [0.1, 0.15) is 5.00 Å². The summed E-state index contributed by atoms with van der Waals surface area (Å²) in [5.74, 6) is -0.178. The number of thiophene rings is 1. The molecular weight excluding hydrogens is 402 g/mol. The first-order chi connectivity index (χ1) is 13.6. The van der Waals surface area contributed by atoms with Gasteiger partial charge in [-0.05, 0) is 66.1 Å². The lowest BCUT2D eigenvalue weighted by molar-refractivity contribution is 0.0975. The molecule has 2 amide bonds. The number of anilines is 1. The molecule has 2 aromatic rings. The molecule has 1 heterocycles. The number of nitrogens with one attached hydrogen (secondary N) is 2. The topological polar surface area (TPSA) is 84.2 Å². The number of nitrogens with two attached hydrogens (primary N) is 1. The lowest BCUT2D eigenvalue weighted by Crippen LogP contribution is -2.34. The van der Waals surface area contributed by atoms with E-state index in [-0.39, 0.29) is 16.4 Å². The highest BCUT2D eigenvalue weighted by Gasteiger charge is 2.27. The monoisotopic (exact) mass is 429 g/mol. The van der Waals surface area contributed by atoms with Gasteiger partial charge in [-0.2, -0.15) is 0 Å². The van der Waals surface area contributed by atoms with Crippen LogP contribution < -0.4 is 16.4 Å². The van der Waals surface area contributed by atoms with E-state index >= 15 is 0 Å². The fourth-order valence-electron chi connectivity index (χ4n) is 3.53. The number of hydrogen-bond acceptors (Lipinski definition) is 4. The van der Waals surface area contributed by atoms with Crippen LogP contribution in [0, 0.1) is 5.92 Å². The molecule has 29 heavy (non-hydrogen) atoms. The van der Waals surface area contributed by atoms with E-state index in [1.54, 1.807) is 12.1 Å². The molecule has 154 valence electrons. The second kappa shape index (κ2) is 8.24. The quantitative estimate of drug-likeness (QED) is 0.632. The first-order valence-electron chi connectivity index (χ1n) is 9.73. The number of amides is 2. The minimum atomic E-state index is -0.466. The van der Waals surface area contributed by atoms with Crippen molar-refractivity contribution in [1.82, 2.24) is 5.32 Å². The molecule has 5 nitrogen and oxygen atoms in total. The van der Waals surface area contributed by atoms with Gasteiger partial charge < -0.3 is 11.1 Å². The van der Waals surface area contributed by atoms with Crippen LogP contribution in [-0.2, 0) is 18.3 Å². The summed E-state index contributed by atoms with van der Waals surface area (Å²) < 4.78 is 0. The number of fused-ring (bicyclic) bond motifs is 1. The summed E-state index contributed by atoms with van der Waals surface area (Å²) in [6.07, 6.45) is 2.81. The van der Waals surface area contributed by atoms with Gasteiger partial charge in [0.15, 0.2) is 5.11 Å². The van der Waals surface area contributed by atoms with Crippen LogP contribution in [-0.4, -0.2) is 16.9 Å². The number of carbonyl (C=O) groups is 2. The van der Waals surface area contributed by atoms with Crippen molar-refractivity contribution >= 4 is 45.5 Å². The number of rotatable bonds is 3. The molecule has 0 spiro atoms. The Kier molecular flexibility index (Phi) is 6.10. The maximum Gasteiger partial charge on any atom is 0.257 e. The van der Waals surface area contributed by atoms with Crippen molar-refractivity contribution in [2.45, 2.75) is 52.4 Å². The van der Waals surface area contributed by atoms with Crippen molar-refractivity contribution < 1.29 is 9.59 Å². The number of thiocarbonyl (C=S) groups is 1. The van der Waals surface area contributed by atoms with E-state index in [0.29, 0.717) is 22.0 Å². The van der Waals surface area contributed by atoms with E-state index in [1.165, 1.54) is 16.2 Å². The van der Waals surface area contributed by atoms with E-state index in [2.05, 4.69) is 38.3 Å². The van der Waals surface area contributed by atoms with Gasteiger partial charge in [0.2, 0.25) is 0 Å². The Labute approximate surface area is 181 Å². The Morgan fingerprint density at radius 1 is 1.21 bits per heavy atom. The standard InChI is InChI=1S/C22H27N3O2S2/c1-12-5-10-15-16(11-12)29-20(17(15)18(23)26)25-21(28)24-19(27)13-6-8-14(9-7-13)22(2,3)4/h6-9,12H,5,10-11H2,1-4H3,(H2,23,26)(H2,24,25,27,28). The van der Waals surface area contributed by atoms with Gasteiger partial charge in [-0.3, -0.25) is 14.9 Å². The average Bonchev–Trinajstić information content (AvgIpc) is 2.97. The lowest BCUT2D eigenvalue weighted by Gasteiger charge is -2.19. The Hall–Kier alpha value is -2.25. The summed E-state index contributed by atoms with van der Waals surface area (Å²) >= 11 is 6.82. The van der Waals surface area contributed by atoms with E-state index in [9.17, 15) is 9.59 Å². The van der Waals surface area contributed by atoms with Gasteiger partial charge in [0.05, 0.1) is 5.56 Å². The van der Waals surface area contributed by atoms with Gasteiger partial charge >= 0.3 is 0 Å². The lowest BCUT2D eigenvalue weighted by atomic mass is 9.87. The minimum Gasteiger partial charge on any atom is -0.365 e. The predicted molar refractivity (Wildman–Crippen MR) is 123 cm³/mol. The van der Waals surface area contributed by atoms with E-state index in [4.69, 9.17) is 18.0 Å². The summed E-state index contributed by atoms with van der Waals surface area (Å²) in [5, 5.41) is 6.48. The zero-order valence-electron chi connectivity index (χ0n) is 17.2. The SMILES string of the molecule is CC1CCc2c(sc(NC(=S)NC(=O)c3ccc(C(C)(C)C)cc3)c2C(N)=O)C1. The molecule has 7 heteroatoms. The molecule has 0 saturated carbocycles. The molecule has 0 radical (unpaired) electrons. The molecular formula is C22H27N3O2S2. The predicted octanol–water partition coefficient (Wildman–Crippen LogP) is 4.40. The van der Waals surface area contributed by atoms with E-state index in [1.807, 2.05) is 12.1 Å². The summed E-state index contributed by atoms with van der Waals surface area (Å²) in [6.45, 7) is 8.58. The Bertz CT molecular complexity index is 956. The Balaban J connectivity index is 1.72. The molecule has 1 aromatic heterocycles. The van der Waals surface area contributed by atoms with Crippen LogP contribution in [0.2, 0.25) is 0 Å². The number of carbonyl (C=O) groups excluding carboxylic acids is 2. The molecule has 0 fully saturated rings. The van der Waals surface area contributed by atoms with Gasteiger partial charge in [-0.25, -0.2) is 0 Å². The third-order valence-corrected chi connectivity index (χ3v) is 6.60. The van der Waals surface area contributed by atoms with Crippen LogP contribution in [0.1, 0.15) is 70.8 Å². The van der Waals surface area contributed by atoms with E-state index < -0.39 is 5.91 Å². The third kappa shape index (κ3) is 4.85. The van der Waals surface area contributed by atoms with Crippen molar-refractivity contribution in [3.05, 3.63) is 51.4 Å². The van der Waals surface area contributed by atoms with E-state index in [0.717, 1.165) is 30.4 Å². The molecule has 0 bridgehead atoms. The Morgan fingerprint density at radius 3 is 2.45 bits per heavy atom. The second-order valence-corrected chi connectivity index (χ2v) is 10.2. The van der Waals surface area contributed by atoms with Crippen molar-refractivity contribution in [3.8, 4) is 0 Å². The van der Waals surface area contributed by atoms with Gasteiger partial charge in [-0.15, -0.1) is 11.3 Å². The molecule has 1 aliphatic rings. The molecule has 1 unspecified atom stereocenters. The van der Waals surface area contributed by atoms with Gasteiger partial charge in [-0.1, -0.05) is 39.8 Å². The molecule has 4 N–H and O–H groups in total. The summed E-state index contributed by atoms with van der Waals surface area (Å²) in [4.78, 5) is 25.7. The second-order valence-electron chi connectivity index (χ2n) is 8.66. The van der Waals surface area contributed by atoms with Gasteiger partial charge in [0.25, 0.3) is 11.8 Å². The van der Waals surface area contributed by atoms with Crippen LogP contribution >= 0.6 is 23.6 Å². The number of benzene rings is 1. The van der Waals surface area contributed by atoms with Crippen LogP contribution in [0.25, 0.3) is 0 Å². The zero-order chi connectivity index (χ0) is 21.3. The van der Waals surface area contributed by atoms with Crippen molar-refractivity contribution in [2.75, 3.05) is 5.32 Å². The number of hydrogen-bond donors (Lipinski definition) is 3. The fourth-order valence-corrected chi connectivity index (χ4v) is 5.21. The first-order valence-corrected chi connectivity index (χ1v) is 11.0. The van der Waals surface area contributed by atoms with Crippen molar-refractivity contribution in [2.24, 2.45) is 11.7 Å². The third-order valence-electron chi connectivity index (χ3n) is 5.23. The van der Waals surface area contributed by atoms with Crippen LogP contribution in [0.15, 0.2) is 24.3 Å². The molecule has 1 atom stereocenters. The maximum atomic E-state index is 12.5. The van der Waals surface area contributed by atoms with Crippen LogP contribution in [0.5, 0.6) is 0 Å². The van der Waals surface area contributed by atoms with Crippen molar-refractivity contribution in [1.29, 1.82) is 0 Å². The summed E-state index contributed by atoms with van der Waals surface area (Å²) in [6, 6.07) is 7.48. The number of primary amides is 1. The molecule has 1 aromatic carbocycles. The largest absolute Gasteiger partial charge is 0.365 e. The zero-order valence-corrected chi connectivity index (χ0v) is 18.9. The van der Waals surface area contributed by atoms with Crippen LogP contribution in [0.4, 0.5) is 5.00 Å². The fraction of sp³-hybridized carbons (Fsp3) is 0.409. The van der Waals surface area contributed by atoms with Gasteiger partial charge in [0, 0.05) is 10.4 Å². The molecule has 0 aliphatic heterocycles. The highest BCUT2D eigenvalue weighted by molar-refractivity contribution is 7.80. The maximum absolute atomic E-state index is 12.5. The summed E-state index contributed by atoms with van der Waals surface area (Å²) in [7, 11) is 0. The highest BCUT2D eigenvalue weighted by Crippen LogP contribution is 2.39. The molecule has 3 rings (SSSR count). The molecule has 1 aliphatic carbocycles. The molecule has 0 saturated heterocycles. The first kappa shape index (κ1) is 21.5. The smallest absolute Gasteiger partial charge is 0.257 e. The average molecular weight is 430 g/mol. The van der Waals surface area contributed by atoms with Crippen molar-refractivity contribution in [3.63, 3.8) is 0 Å².